The number of nitrogens with one attached hydrogen (secondary N) is 2. The Morgan fingerprint density at radius 1 is 1.09 bits per heavy atom. The highest BCUT2D eigenvalue weighted by atomic mass is 16.5. The van der Waals surface area contributed by atoms with Crippen LogP contribution in [0.1, 0.15) is 77.5 Å². The third kappa shape index (κ3) is 10.7. The number of fused-ring (bicyclic) bond motifs is 6. The van der Waals surface area contributed by atoms with Gasteiger partial charge >= 0.3 is 5.97 Å². The van der Waals surface area contributed by atoms with Crippen LogP contribution in [-0.2, 0) is 58.2 Å². The highest BCUT2D eigenvalue weighted by Gasteiger charge is 2.41. The number of hydrogen-bond donors (Lipinski definition) is 3. The molecule has 0 aliphatic carbocycles. The number of likely N-dealkylation sites (N-methyl/N-ethyl adjacent to an activating group) is 1. The lowest BCUT2D eigenvalue weighted by atomic mass is 9.81. The van der Waals surface area contributed by atoms with Crippen molar-refractivity contribution in [3.8, 4) is 34.2 Å². The Hall–Kier alpha value is -6.50. The maximum absolute atomic E-state index is 14.8. The van der Waals surface area contributed by atoms with E-state index in [1.54, 1.807) is 31.2 Å². The van der Waals surface area contributed by atoms with Crippen molar-refractivity contribution in [1.82, 2.24) is 30.1 Å². The molecule has 3 aliphatic heterocycles. The van der Waals surface area contributed by atoms with Crippen molar-refractivity contribution in [1.29, 1.82) is 5.26 Å². The number of carbonyl (C=O) groups excluding carboxylic acids is 5. The average molecular weight is 942 g/mol. The van der Waals surface area contributed by atoms with Crippen LogP contribution in [0.25, 0.3) is 33.3 Å². The van der Waals surface area contributed by atoms with E-state index in [4.69, 9.17) is 9.47 Å². The van der Waals surface area contributed by atoms with Crippen LogP contribution in [0.15, 0.2) is 73.3 Å². The SMILES string of the molecule is C=CC(=O)N1CC[C@H](C(=O)N(C)[C@H](C(=O)NC2Cc3cc(O)cc(c3)-c3ccc4c(C(C)(C)C#N)c(-c5ccccc5CCOC)n(c4c3)CC(C)(C)COC(=O)[C@@H]3CCCN(N3)C2=O)C(C)C)C1. The van der Waals surface area contributed by atoms with E-state index >= 15 is 0 Å². The number of likely N-dealkylation sites (tertiary alicyclic amines) is 1. The molecule has 2 saturated heterocycles. The molecule has 0 saturated carbocycles. The third-order valence-corrected chi connectivity index (χ3v) is 13.8. The molecule has 4 amide bonds. The van der Waals surface area contributed by atoms with Gasteiger partial charge < -0.3 is 34.3 Å². The Morgan fingerprint density at radius 2 is 1.84 bits per heavy atom. The Kier molecular flexibility index (Phi) is 15.1. The standard InChI is InChI=1S/C54H67N7O8/c1-10-45(63)59-22-19-37(29-59)50(65)58(8)47(33(2)3)49(64)56-43-26-34-24-38(27-39(62)25-34)36-17-18-41-44(28-36)60(31-53(4,5)32-69-52(67)42-16-13-21-61(57-42)51(43)66)48(46(41)54(6,7)30-55)40-15-12-11-14-35(40)20-23-68-9/h10-12,14-15,17-18,24-25,27-28,33,37,42-43,47,57,62H,1,13,16,19-23,26,29,31-32H2,2-9H3,(H,56,64)/t37-,42-,43?,47-/m0/s1. The van der Waals surface area contributed by atoms with Crippen LogP contribution in [0.5, 0.6) is 5.75 Å². The van der Waals surface area contributed by atoms with Crippen molar-refractivity contribution < 1.29 is 38.6 Å². The van der Waals surface area contributed by atoms with Gasteiger partial charge in [-0.25, -0.2) is 5.43 Å². The fourth-order valence-electron chi connectivity index (χ4n) is 10.3. The van der Waals surface area contributed by atoms with Crippen molar-refractivity contribution in [2.75, 3.05) is 47.0 Å². The van der Waals surface area contributed by atoms with E-state index in [-0.39, 0.29) is 49.6 Å². The summed E-state index contributed by atoms with van der Waals surface area (Å²) >= 11 is 0. The third-order valence-electron chi connectivity index (χ3n) is 13.8. The number of hydrazine groups is 1. The summed E-state index contributed by atoms with van der Waals surface area (Å²) in [5.74, 6) is -3.02. The van der Waals surface area contributed by atoms with Crippen molar-refractivity contribution in [2.45, 2.75) is 104 Å². The highest BCUT2D eigenvalue weighted by Crippen LogP contribution is 2.45. The van der Waals surface area contributed by atoms with Gasteiger partial charge in [0, 0.05) is 74.2 Å². The van der Waals surface area contributed by atoms with Crippen LogP contribution in [0.4, 0.5) is 0 Å². The fourth-order valence-corrected chi connectivity index (χ4v) is 10.3. The lowest BCUT2D eigenvalue weighted by Gasteiger charge is -2.37. The highest BCUT2D eigenvalue weighted by molar-refractivity contribution is 5.97. The van der Waals surface area contributed by atoms with Gasteiger partial charge in [-0.3, -0.25) is 29.0 Å². The van der Waals surface area contributed by atoms with E-state index in [9.17, 15) is 34.3 Å². The second-order valence-corrected chi connectivity index (χ2v) is 20.5. The number of cyclic esters (lactones) is 1. The summed E-state index contributed by atoms with van der Waals surface area (Å²) in [5.41, 5.74) is 8.10. The minimum Gasteiger partial charge on any atom is -0.508 e. The summed E-state index contributed by atoms with van der Waals surface area (Å²) < 4.78 is 13.9. The van der Waals surface area contributed by atoms with Crippen molar-refractivity contribution >= 4 is 40.5 Å². The van der Waals surface area contributed by atoms with E-state index in [0.29, 0.717) is 56.5 Å². The Balaban J connectivity index is 1.34. The topological polar surface area (TPSA) is 187 Å². The van der Waals surface area contributed by atoms with Crippen LogP contribution >= 0.6 is 0 Å². The van der Waals surface area contributed by atoms with Gasteiger partial charge in [-0.05, 0) is 92.0 Å². The number of aromatic hydroxyl groups is 1. The number of phenolic OH excluding ortho intramolecular Hbond substituents is 1. The molecule has 69 heavy (non-hydrogen) atoms. The minimum absolute atomic E-state index is 0.0416. The molecule has 1 aromatic heterocycles. The van der Waals surface area contributed by atoms with Gasteiger partial charge in [0.1, 0.15) is 23.9 Å². The van der Waals surface area contributed by atoms with Gasteiger partial charge in [-0.15, -0.1) is 0 Å². The molecule has 15 heteroatoms. The molecule has 3 aliphatic rings. The summed E-state index contributed by atoms with van der Waals surface area (Å²) in [6.45, 7) is 16.9. The average Bonchev–Trinajstić information content (AvgIpc) is 3.95. The van der Waals surface area contributed by atoms with Gasteiger partial charge in [0.25, 0.3) is 5.91 Å². The number of rotatable bonds is 11. The number of benzene rings is 3. The molecule has 366 valence electrons. The Morgan fingerprint density at radius 3 is 2.55 bits per heavy atom. The van der Waals surface area contributed by atoms with Crippen molar-refractivity contribution in [3.05, 3.63) is 90.0 Å². The number of amides is 4. The van der Waals surface area contributed by atoms with Crippen LogP contribution in [0.2, 0.25) is 0 Å². The van der Waals surface area contributed by atoms with Gasteiger partial charge in [0.05, 0.1) is 36.3 Å². The first-order valence-electron chi connectivity index (χ1n) is 24.0. The predicted molar refractivity (Wildman–Crippen MR) is 263 cm³/mol. The fraction of sp³-hybridized carbons (Fsp3) is 0.481. The molecular formula is C54H67N7O8. The smallest absolute Gasteiger partial charge is 0.324 e. The molecule has 15 nitrogen and oxygen atoms in total. The molecule has 4 heterocycles. The number of ether oxygens (including phenoxy) is 2. The first kappa shape index (κ1) is 50.4. The number of hydrogen-bond acceptors (Lipinski definition) is 10. The zero-order chi connectivity index (χ0) is 49.9. The molecule has 1 unspecified atom stereocenters. The monoisotopic (exact) mass is 942 g/mol. The van der Waals surface area contributed by atoms with Crippen LogP contribution in [-0.4, -0.2) is 119 Å². The summed E-state index contributed by atoms with van der Waals surface area (Å²) in [6, 6.07) is 18.9. The maximum Gasteiger partial charge on any atom is 0.324 e. The van der Waals surface area contributed by atoms with Gasteiger partial charge in [0.2, 0.25) is 17.7 Å². The van der Waals surface area contributed by atoms with Gasteiger partial charge in [-0.1, -0.05) is 76.7 Å². The van der Waals surface area contributed by atoms with E-state index in [1.165, 1.54) is 16.0 Å². The summed E-state index contributed by atoms with van der Waals surface area (Å²) in [4.78, 5) is 72.6. The number of aromatic nitrogens is 1. The van der Waals surface area contributed by atoms with Crippen LogP contribution in [0, 0.1) is 28.6 Å². The quantitative estimate of drug-likeness (QED) is 0.114. The summed E-state index contributed by atoms with van der Waals surface area (Å²) in [5, 5.41) is 27.4. The van der Waals surface area contributed by atoms with Crippen LogP contribution in [0.3, 0.4) is 0 Å². The van der Waals surface area contributed by atoms with E-state index in [2.05, 4.69) is 46.2 Å². The van der Waals surface area contributed by atoms with Crippen LogP contribution < -0.4 is 10.7 Å². The molecule has 3 aromatic carbocycles. The zero-order valence-corrected chi connectivity index (χ0v) is 41.3. The molecule has 2 fully saturated rings. The molecule has 4 aromatic rings. The number of carbonyl (C=O) groups is 5. The second kappa shape index (κ2) is 20.6. The first-order valence-corrected chi connectivity index (χ1v) is 24.0. The summed E-state index contributed by atoms with van der Waals surface area (Å²) in [7, 11) is 3.24. The largest absolute Gasteiger partial charge is 0.508 e. The summed E-state index contributed by atoms with van der Waals surface area (Å²) in [6.07, 6.45) is 3.16. The molecular weight excluding hydrogens is 875 g/mol. The lowest BCUT2D eigenvalue weighted by molar-refractivity contribution is -0.155. The van der Waals surface area contributed by atoms with Gasteiger partial charge in [0.15, 0.2) is 0 Å². The Labute approximate surface area is 405 Å². The zero-order valence-electron chi connectivity index (χ0n) is 41.3. The molecule has 0 radical (unpaired) electrons. The van der Waals surface area contributed by atoms with E-state index in [1.807, 2.05) is 71.9 Å². The van der Waals surface area contributed by atoms with E-state index < -0.39 is 52.7 Å². The molecule has 4 atom stereocenters. The Bertz CT molecular complexity index is 2680. The molecule has 6 bridgehead atoms. The first-order chi connectivity index (χ1) is 32.8. The second-order valence-electron chi connectivity index (χ2n) is 20.5. The molecule has 7 rings (SSSR count). The maximum atomic E-state index is 14.8. The number of esters is 1. The molecule has 0 spiro atoms. The van der Waals surface area contributed by atoms with Crippen molar-refractivity contribution in [2.24, 2.45) is 17.3 Å². The predicted octanol–water partition coefficient (Wildman–Crippen LogP) is 6.29. The van der Waals surface area contributed by atoms with Crippen molar-refractivity contribution in [3.63, 3.8) is 0 Å². The minimum atomic E-state index is -1.19. The number of nitrogens with zero attached hydrogens (tertiary/aromatic N) is 5. The lowest BCUT2D eigenvalue weighted by Crippen LogP contribution is -2.62. The number of nitriles is 1. The normalized spacial score (nSPS) is 20.2. The van der Waals surface area contributed by atoms with E-state index in [0.717, 1.165) is 38.9 Å². The number of phenols is 1. The number of methoxy groups -OCH3 is 1. The molecule has 3 N–H and O–H groups in total. The van der Waals surface area contributed by atoms with Gasteiger partial charge in [-0.2, -0.15) is 5.26 Å².